The second-order valence-electron chi connectivity index (χ2n) is 2.48. The second-order valence-corrected chi connectivity index (χ2v) is 2.48. The van der Waals surface area contributed by atoms with Crippen LogP contribution in [0.4, 0.5) is 0 Å². The number of amides is 2. The van der Waals surface area contributed by atoms with Gasteiger partial charge in [-0.3, -0.25) is 20.4 Å². The third kappa shape index (κ3) is 5.12. The maximum atomic E-state index is 10.6. The minimum atomic E-state index is -1.17. The fraction of sp³-hybridized carbons (Fsp3) is 0.667. The first-order valence-electron chi connectivity index (χ1n) is 3.79. The summed E-state index contributed by atoms with van der Waals surface area (Å²) in [6.07, 6.45) is -0.449. The topological polar surface area (TPSA) is 130 Å². The summed E-state index contributed by atoms with van der Waals surface area (Å²) in [5.74, 6) is 8.59. The van der Waals surface area contributed by atoms with Crippen LogP contribution in [0, 0.1) is 0 Å². The highest BCUT2D eigenvalue weighted by atomic mass is 16.3. The summed E-state index contributed by atoms with van der Waals surface area (Å²) in [4.78, 5) is 21.2. The Morgan fingerprint density at radius 2 is 1.92 bits per heavy atom. The molecule has 0 radical (unpaired) electrons. The number of nitrogens with two attached hydrogens (primary N) is 2. The molecule has 13 heavy (non-hydrogen) atoms. The molecule has 7 heteroatoms. The van der Waals surface area contributed by atoms with Crippen molar-refractivity contribution < 1.29 is 14.7 Å². The average Bonchev–Trinajstić information content (AvgIpc) is 2.15. The molecule has 0 heterocycles. The van der Waals surface area contributed by atoms with Crippen LogP contribution in [0.15, 0.2) is 0 Å². The van der Waals surface area contributed by atoms with Crippen molar-refractivity contribution in [1.29, 1.82) is 0 Å². The lowest BCUT2D eigenvalue weighted by Gasteiger charge is -2.07. The van der Waals surface area contributed by atoms with Crippen molar-refractivity contribution in [1.82, 2.24) is 10.9 Å². The molecule has 0 bridgehead atoms. The molecule has 0 aromatic carbocycles. The summed E-state index contributed by atoms with van der Waals surface area (Å²) in [6.45, 7) is 0. The van der Waals surface area contributed by atoms with E-state index < -0.39 is 12.0 Å². The van der Waals surface area contributed by atoms with E-state index in [1.807, 2.05) is 5.43 Å². The summed E-state index contributed by atoms with van der Waals surface area (Å²) in [5.41, 5.74) is 3.74. The second kappa shape index (κ2) is 6.35. The van der Waals surface area contributed by atoms with Crippen LogP contribution in [0.5, 0.6) is 0 Å². The smallest absolute Gasteiger partial charge is 0.262 e. The van der Waals surface area contributed by atoms with Crippen molar-refractivity contribution in [3.8, 4) is 0 Å². The standard InChI is InChI=1S/C6H14N4O3/c7-9-5(12)3-1-2-4(11)6(13)10-8/h4,11H,1-3,7-8H2,(H,9,12)(H,10,13). The molecular formula is C6H14N4O3. The molecule has 0 saturated carbocycles. The van der Waals surface area contributed by atoms with Crippen molar-refractivity contribution in [2.24, 2.45) is 11.7 Å². The molecule has 76 valence electrons. The largest absolute Gasteiger partial charge is 0.383 e. The first-order valence-corrected chi connectivity index (χ1v) is 3.79. The van der Waals surface area contributed by atoms with Gasteiger partial charge in [-0.2, -0.15) is 0 Å². The maximum absolute atomic E-state index is 10.6. The summed E-state index contributed by atoms with van der Waals surface area (Å²) in [6, 6.07) is 0. The number of hydrogen-bond acceptors (Lipinski definition) is 5. The van der Waals surface area contributed by atoms with Crippen LogP contribution in [0.1, 0.15) is 19.3 Å². The van der Waals surface area contributed by atoms with Crippen molar-refractivity contribution in [2.75, 3.05) is 0 Å². The lowest BCUT2D eigenvalue weighted by atomic mass is 10.1. The molecule has 0 fully saturated rings. The average molecular weight is 190 g/mol. The molecule has 7 nitrogen and oxygen atoms in total. The summed E-state index contributed by atoms with van der Waals surface area (Å²) >= 11 is 0. The zero-order valence-electron chi connectivity index (χ0n) is 7.12. The Balaban J connectivity index is 3.53. The van der Waals surface area contributed by atoms with E-state index in [1.165, 1.54) is 0 Å². The lowest BCUT2D eigenvalue weighted by Crippen LogP contribution is -2.39. The molecule has 0 rings (SSSR count). The number of carbonyl (C=O) groups is 2. The van der Waals surface area contributed by atoms with E-state index in [9.17, 15) is 9.59 Å². The molecule has 2 amide bonds. The van der Waals surface area contributed by atoms with Crippen molar-refractivity contribution >= 4 is 11.8 Å². The van der Waals surface area contributed by atoms with E-state index in [4.69, 9.17) is 16.8 Å². The van der Waals surface area contributed by atoms with E-state index in [2.05, 4.69) is 0 Å². The number of rotatable bonds is 5. The van der Waals surface area contributed by atoms with Crippen LogP contribution in [-0.4, -0.2) is 23.0 Å². The van der Waals surface area contributed by atoms with Gasteiger partial charge in [0.2, 0.25) is 5.91 Å². The maximum Gasteiger partial charge on any atom is 0.262 e. The van der Waals surface area contributed by atoms with Crippen molar-refractivity contribution in [3.63, 3.8) is 0 Å². The first kappa shape index (κ1) is 11.8. The molecular weight excluding hydrogens is 176 g/mol. The van der Waals surface area contributed by atoms with Crippen LogP contribution in [0.25, 0.3) is 0 Å². The SMILES string of the molecule is NNC(=O)CCCC(O)C(=O)NN. The molecule has 0 aliphatic rings. The molecule has 0 aromatic rings. The van der Waals surface area contributed by atoms with Gasteiger partial charge in [-0.25, -0.2) is 11.7 Å². The van der Waals surface area contributed by atoms with Gasteiger partial charge in [0.25, 0.3) is 5.91 Å². The molecule has 0 spiro atoms. The van der Waals surface area contributed by atoms with Crippen molar-refractivity contribution in [2.45, 2.75) is 25.4 Å². The third-order valence-corrected chi connectivity index (χ3v) is 1.49. The van der Waals surface area contributed by atoms with Gasteiger partial charge in [-0.1, -0.05) is 0 Å². The predicted molar refractivity (Wildman–Crippen MR) is 44.5 cm³/mol. The van der Waals surface area contributed by atoms with Gasteiger partial charge in [-0.15, -0.1) is 0 Å². The number of hydrazine groups is 2. The summed E-state index contributed by atoms with van der Waals surface area (Å²) in [5, 5.41) is 9.05. The van der Waals surface area contributed by atoms with E-state index in [-0.39, 0.29) is 18.7 Å². The molecule has 0 aromatic heterocycles. The van der Waals surface area contributed by atoms with Gasteiger partial charge in [-0.05, 0) is 12.8 Å². The van der Waals surface area contributed by atoms with E-state index in [0.717, 1.165) is 0 Å². The van der Waals surface area contributed by atoms with Gasteiger partial charge in [0, 0.05) is 6.42 Å². The Kier molecular flexibility index (Phi) is 5.77. The Hall–Kier alpha value is -1.18. The van der Waals surface area contributed by atoms with Gasteiger partial charge in [0.15, 0.2) is 0 Å². The van der Waals surface area contributed by atoms with E-state index in [1.54, 1.807) is 5.43 Å². The summed E-state index contributed by atoms with van der Waals surface area (Å²) in [7, 11) is 0. The number of hydrogen-bond donors (Lipinski definition) is 5. The highest BCUT2D eigenvalue weighted by Crippen LogP contribution is 2.00. The Morgan fingerprint density at radius 3 is 2.38 bits per heavy atom. The summed E-state index contributed by atoms with van der Waals surface area (Å²) < 4.78 is 0. The fourth-order valence-corrected chi connectivity index (χ4v) is 0.755. The van der Waals surface area contributed by atoms with Crippen LogP contribution < -0.4 is 22.5 Å². The monoisotopic (exact) mass is 190 g/mol. The van der Waals surface area contributed by atoms with E-state index >= 15 is 0 Å². The Morgan fingerprint density at radius 1 is 1.31 bits per heavy atom. The van der Waals surface area contributed by atoms with Crippen LogP contribution in [-0.2, 0) is 9.59 Å². The van der Waals surface area contributed by atoms with Crippen LogP contribution >= 0.6 is 0 Å². The number of aliphatic hydroxyl groups is 1. The third-order valence-electron chi connectivity index (χ3n) is 1.49. The van der Waals surface area contributed by atoms with Crippen molar-refractivity contribution in [3.05, 3.63) is 0 Å². The minimum absolute atomic E-state index is 0.172. The minimum Gasteiger partial charge on any atom is -0.383 e. The first-order chi connectivity index (χ1) is 6.11. The lowest BCUT2D eigenvalue weighted by molar-refractivity contribution is -0.130. The fourth-order valence-electron chi connectivity index (χ4n) is 0.755. The van der Waals surface area contributed by atoms with Crippen LogP contribution in [0.3, 0.4) is 0 Å². The van der Waals surface area contributed by atoms with Gasteiger partial charge >= 0.3 is 0 Å². The molecule has 0 saturated heterocycles. The molecule has 1 atom stereocenters. The highest BCUT2D eigenvalue weighted by Gasteiger charge is 2.13. The highest BCUT2D eigenvalue weighted by molar-refractivity contribution is 5.80. The number of carbonyl (C=O) groups excluding carboxylic acids is 2. The zero-order chi connectivity index (χ0) is 10.3. The Bertz CT molecular complexity index is 185. The zero-order valence-corrected chi connectivity index (χ0v) is 7.12. The van der Waals surface area contributed by atoms with Crippen LogP contribution in [0.2, 0.25) is 0 Å². The van der Waals surface area contributed by atoms with Gasteiger partial charge < -0.3 is 5.11 Å². The number of nitrogens with one attached hydrogen (secondary N) is 2. The van der Waals surface area contributed by atoms with E-state index in [0.29, 0.717) is 6.42 Å². The molecule has 0 aliphatic heterocycles. The predicted octanol–water partition coefficient (Wildman–Crippen LogP) is -2.50. The normalized spacial score (nSPS) is 11.9. The number of aliphatic hydroxyl groups excluding tert-OH is 1. The quantitative estimate of drug-likeness (QED) is 0.186. The van der Waals surface area contributed by atoms with Gasteiger partial charge in [0.1, 0.15) is 6.10 Å². The molecule has 1 unspecified atom stereocenters. The molecule has 7 N–H and O–H groups in total. The molecule has 0 aliphatic carbocycles. The Labute approximate surface area is 75.4 Å². The van der Waals surface area contributed by atoms with Gasteiger partial charge in [0.05, 0.1) is 0 Å².